The molecule has 206 valence electrons. The summed E-state index contributed by atoms with van der Waals surface area (Å²) in [7, 11) is 0. The van der Waals surface area contributed by atoms with Crippen LogP contribution in [0.2, 0.25) is 0 Å². The molecular weight excluding hydrogens is 483 g/mol. The number of benzene rings is 1. The molecule has 1 aliphatic heterocycles. The summed E-state index contributed by atoms with van der Waals surface area (Å²) in [5.74, 6) is 0.350. The van der Waals surface area contributed by atoms with Crippen LogP contribution in [0.25, 0.3) is 0 Å². The molecule has 4 fully saturated rings. The fraction of sp³-hybridized carbons (Fsp3) is 0.677. The Morgan fingerprint density at radius 2 is 1.76 bits per heavy atom. The third-order valence-corrected chi connectivity index (χ3v) is 11.4. The lowest BCUT2D eigenvalue weighted by Crippen LogP contribution is -2.63. The highest BCUT2D eigenvalue weighted by atomic mass is 19.1. The van der Waals surface area contributed by atoms with Crippen LogP contribution in [-0.4, -0.2) is 71.1 Å². The SMILES string of the molecule is C[C@]12CCC(=O)C=C1CC[C@@H]1[C@@H]2[C@H](O)C[C@@]2(C)[C@H]1CC[C@]2(O)C(=O)CN1CCN(c2ccc(F)cc2)CC1. The molecule has 2 N–H and O–H groups in total. The molecule has 1 aromatic rings. The van der Waals surface area contributed by atoms with Crippen molar-refractivity contribution in [3.63, 3.8) is 0 Å². The fourth-order valence-corrected chi connectivity index (χ4v) is 9.30. The quantitative estimate of drug-likeness (QED) is 0.625. The van der Waals surface area contributed by atoms with Gasteiger partial charge in [0.05, 0.1) is 12.6 Å². The third kappa shape index (κ3) is 3.91. The Balaban J connectivity index is 1.16. The zero-order chi connectivity index (χ0) is 26.9. The van der Waals surface area contributed by atoms with Crippen molar-refractivity contribution in [2.45, 2.75) is 70.5 Å². The summed E-state index contributed by atoms with van der Waals surface area (Å²) in [5, 5.41) is 23.7. The van der Waals surface area contributed by atoms with E-state index >= 15 is 0 Å². The van der Waals surface area contributed by atoms with Crippen molar-refractivity contribution in [2.75, 3.05) is 37.6 Å². The monoisotopic (exact) mass is 524 g/mol. The van der Waals surface area contributed by atoms with E-state index in [0.717, 1.165) is 44.5 Å². The van der Waals surface area contributed by atoms with Gasteiger partial charge in [0.2, 0.25) is 0 Å². The number of aliphatic hydroxyl groups is 2. The molecule has 5 aliphatic rings. The molecular formula is C31H41FN2O4. The molecule has 0 unspecified atom stereocenters. The molecule has 7 heteroatoms. The number of hydrogen-bond acceptors (Lipinski definition) is 6. The fourth-order valence-electron chi connectivity index (χ4n) is 9.30. The van der Waals surface area contributed by atoms with Gasteiger partial charge in [-0.2, -0.15) is 0 Å². The number of rotatable bonds is 4. The van der Waals surface area contributed by atoms with Crippen LogP contribution in [0, 0.1) is 34.4 Å². The summed E-state index contributed by atoms with van der Waals surface area (Å²) in [6.07, 6.45) is 6.02. The van der Waals surface area contributed by atoms with Crippen molar-refractivity contribution in [1.82, 2.24) is 4.90 Å². The van der Waals surface area contributed by atoms with Crippen LogP contribution in [0.15, 0.2) is 35.9 Å². The Morgan fingerprint density at radius 1 is 1.05 bits per heavy atom. The van der Waals surface area contributed by atoms with E-state index < -0.39 is 17.1 Å². The molecule has 1 saturated heterocycles. The topological polar surface area (TPSA) is 81.1 Å². The number of fused-ring (bicyclic) bond motifs is 5. The first kappa shape index (κ1) is 26.1. The molecule has 6 rings (SSSR count). The largest absolute Gasteiger partial charge is 0.393 e. The van der Waals surface area contributed by atoms with Gasteiger partial charge in [0.1, 0.15) is 11.4 Å². The minimum atomic E-state index is -1.43. The van der Waals surface area contributed by atoms with Gasteiger partial charge in [0, 0.05) is 43.7 Å². The molecule has 0 bridgehead atoms. The van der Waals surface area contributed by atoms with Gasteiger partial charge >= 0.3 is 0 Å². The standard InChI is InChI=1S/C31H41FN2O4/c1-29-11-9-23(35)17-20(29)3-8-24-25-10-12-31(38,30(25,2)18-26(36)28(24)29)27(37)19-33-13-15-34(16-14-33)22-6-4-21(32)5-7-22/h4-7,17,24-26,28,36,38H,3,8-16,18-19H2,1-2H3/t24-,25-,26+,28+,29-,30-,31-/m0/s1. The second-order valence-electron chi connectivity index (χ2n) is 13.1. The van der Waals surface area contributed by atoms with Gasteiger partial charge in [0.15, 0.2) is 11.6 Å². The van der Waals surface area contributed by atoms with Gasteiger partial charge in [-0.25, -0.2) is 4.39 Å². The van der Waals surface area contributed by atoms with Crippen molar-refractivity contribution in [3.05, 3.63) is 41.7 Å². The second kappa shape index (κ2) is 9.24. The molecule has 0 amide bonds. The Morgan fingerprint density at radius 3 is 2.47 bits per heavy atom. The lowest BCUT2D eigenvalue weighted by Gasteiger charge is -2.60. The predicted octanol–water partition coefficient (Wildman–Crippen LogP) is 3.75. The Labute approximate surface area is 224 Å². The van der Waals surface area contributed by atoms with E-state index in [1.165, 1.54) is 17.7 Å². The highest BCUT2D eigenvalue weighted by Crippen LogP contribution is 2.67. The van der Waals surface area contributed by atoms with Gasteiger partial charge in [-0.05, 0) is 92.0 Å². The van der Waals surface area contributed by atoms with E-state index in [1.807, 2.05) is 13.0 Å². The van der Waals surface area contributed by atoms with E-state index in [1.54, 1.807) is 12.1 Å². The smallest absolute Gasteiger partial charge is 0.178 e. The molecule has 7 atom stereocenters. The number of anilines is 1. The van der Waals surface area contributed by atoms with Crippen molar-refractivity contribution < 1.29 is 24.2 Å². The van der Waals surface area contributed by atoms with Crippen LogP contribution >= 0.6 is 0 Å². The average molecular weight is 525 g/mol. The Bertz CT molecular complexity index is 1150. The summed E-state index contributed by atoms with van der Waals surface area (Å²) in [6, 6.07) is 6.52. The minimum Gasteiger partial charge on any atom is -0.393 e. The van der Waals surface area contributed by atoms with Gasteiger partial charge in [-0.15, -0.1) is 0 Å². The number of aliphatic hydroxyl groups excluding tert-OH is 1. The maximum atomic E-state index is 13.8. The highest BCUT2D eigenvalue weighted by Gasteiger charge is 2.68. The van der Waals surface area contributed by atoms with E-state index in [9.17, 15) is 24.2 Å². The molecule has 1 heterocycles. The molecule has 38 heavy (non-hydrogen) atoms. The Kier molecular flexibility index (Phi) is 6.36. The lowest BCUT2D eigenvalue weighted by molar-refractivity contribution is -0.181. The van der Waals surface area contributed by atoms with Crippen LogP contribution in [0.1, 0.15) is 58.8 Å². The summed E-state index contributed by atoms with van der Waals surface area (Å²) >= 11 is 0. The molecule has 6 nitrogen and oxygen atoms in total. The van der Waals surface area contributed by atoms with Crippen LogP contribution in [0.3, 0.4) is 0 Å². The third-order valence-electron chi connectivity index (χ3n) is 11.4. The minimum absolute atomic E-state index is 0.0747. The average Bonchev–Trinajstić information content (AvgIpc) is 3.16. The van der Waals surface area contributed by atoms with Crippen molar-refractivity contribution in [2.24, 2.45) is 28.6 Å². The molecule has 0 aromatic heterocycles. The Hall–Kier alpha value is -2.09. The lowest BCUT2D eigenvalue weighted by atomic mass is 9.45. The number of nitrogens with zero attached hydrogens (tertiary/aromatic N) is 2. The number of ketones is 2. The van der Waals surface area contributed by atoms with E-state index in [0.29, 0.717) is 32.4 Å². The molecule has 3 saturated carbocycles. The number of allylic oxidation sites excluding steroid dienone is 1. The van der Waals surface area contributed by atoms with Crippen LogP contribution in [-0.2, 0) is 9.59 Å². The first-order valence-electron chi connectivity index (χ1n) is 14.5. The van der Waals surface area contributed by atoms with Gasteiger partial charge in [-0.1, -0.05) is 19.4 Å². The number of carbonyl (C=O) groups is 2. The molecule has 4 aliphatic carbocycles. The van der Waals surface area contributed by atoms with E-state index in [2.05, 4.69) is 16.7 Å². The van der Waals surface area contributed by atoms with Crippen LogP contribution in [0.5, 0.6) is 0 Å². The zero-order valence-corrected chi connectivity index (χ0v) is 22.7. The number of Topliss-reactive ketones (excluding diaryl/α,β-unsaturated/α-hetero) is 1. The van der Waals surface area contributed by atoms with E-state index in [4.69, 9.17) is 0 Å². The normalized spacial score (nSPS) is 41.2. The van der Waals surface area contributed by atoms with E-state index in [-0.39, 0.29) is 47.1 Å². The summed E-state index contributed by atoms with van der Waals surface area (Å²) in [4.78, 5) is 30.3. The van der Waals surface area contributed by atoms with Crippen molar-refractivity contribution in [1.29, 1.82) is 0 Å². The molecule has 1 aromatic carbocycles. The van der Waals surface area contributed by atoms with Crippen molar-refractivity contribution in [3.8, 4) is 0 Å². The highest BCUT2D eigenvalue weighted by molar-refractivity contribution is 5.92. The summed E-state index contributed by atoms with van der Waals surface area (Å²) < 4.78 is 13.3. The number of carbonyl (C=O) groups excluding carboxylic acids is 2. The second-order valence-corrected chi connectivity index (χ2v) is 13.1. The van der Waals surface area contributed by atoms with Gasteiger partial charge in [-0.3, -0.25) is 14.5 Å². The zero-order valence-electron chi connectivity index (χ0n) is 22.7. The summed E-state index contributed by atoms with van der Waals surface area (Å²) in [5.41, 5.74) is -0.0805. The van der Waals surface area contributed by atoms with Crippen LogP contribution in [0.4, 0.5) is 10.1 Å². The number of halogens is 1. The number of piperazine rings is 1. The molecule has 0 spiro atoms. The maximum Gasteiger partial charge on any atom is 0.178 e. The maximum absolute atomic E-state index is 13.8. The van der Waals surface area contributed by atoms with Gasteiger partial charge < -0.3 is 15.1 Å². The van der Waals surface area contributed by atoms with Gasteiger partial charge in [0.25, 0.3) is 0 Å². The summed E-state index contributed by atoms with van der Waals surface area (Å²) in [6.45, 7) is 7.40. The van der Waals surface area contributed by atoms with Crippen LogP contribution < -0.4 is 4.90 Å². The van der Waals surface area contributed by atoms with Crippen molar-refractivity contribution >= 4 is 17.3 Å². The first-order valence-corrected chi connectivity index (χ1v) is 14.5. The molecule has 0 radical (unpaired) electrons. The predicted molar refractivity (Wildman–Crippen MR) is 143 cm³/mol. The first-order chi connectivity index (χ1) is 18.0. The number of hydrogen-bond donors (Lipinski definition) is 2.